The van der Waals surface area contributed by atoms with Gasteiger partial charge in [0.25, 0.3) is 5.91 Å². The SMILES string of the molecule is Cc1sc2c(c1C)C(c1ccc(C(=O)N3CC(N)C3)cc1)=N[C@@H](CC(=O)O)c1nnc(C)n1-2. The van der Waals surface area contributed by atoms with E-state index in [0.29, 0.717) is 36.0 Å². The highest BCUT2D eigenvalue weighted by Gasteiger charge is 2.33. The minimum Gasteiger partial charge on any atom is -0.481 e. The molecule has 4 heterocycles. The predicted molar refractivity (Wildman–Crippen MR) is 124 cm³/mol. The summed E-state index contributed by atoms with van der Waals surface area (Å²) in [5, 5.41) is 19.0. The molecule has 170 valence electrons. The molecule has 0 spiro atoms. The van der Waals surface area contributed by atoms with Crippen molar-refractivity contribution in [3.8, 4) is 5.00 Å². The van der Waals surface area contributed by atoms with Crippen molar-refractivity contribution in [2.75, 3.05) is 13.1 Å². The Labute approximate surface area is 194 Å². The molecule has 1 aromatic carbocycles. The third-order valence-corrected chi connectivity index (χ3v) is 7.40. The molecule has 2 aliphatic rings. The lowest BCUT2D eigenvalue weighted by atomic mass is 9.98. The summed E-state index contributed by atoms with van der Waals surface area (Å²) in [6.07, 6.45) is -0.194. The summed E-state index contributed by atoms with van der Waals surface area (Å²) < 4.78 is 1.93. The number of hydrogen-bond donors (Lipinski definition) is 2. The number of carbonyl (C=O) groups excluding carboxylic acids is 1. The lowest BCUT2D eigenvalue weighted by Gasteiger charge is -2.36. The Morgan fingerprint density at radius 1 is 1.15 bits per heavy atom. The number of aliphatic carboxylic acids is 1. The van der Waals surface area contributed by atoms with Gasteiger partial charge in [-0.25, -0.2) is 0 Å². The zero-order valence-corrected chi connectivity index (χ0v) is 19.4. The van der Waals surface area contributed by atoms with Gasteiger partial charge in [0.15, 0.2) is 5.82 Å². The van der Waals surface area contributed by atoms with Crippen LogP contribution in [0.5, 0.6) is 0 Å². The Morgan fingerprint density at radius 2 is 1.85 bits per heavy atom. The molecule has 1 atom stereocenters. The Hall–Kier alpha value is -3.37. The average Bonchev–Trinajstić information content (AvgIpc) is 3.23. The number of rotatable bonds is 4. The molecule has 10 heteroatoms. The molecule has 0 radical (unpaired) electrons. The third kappa shape index (κ3) is 3.55. The first-order valence-electron chi connectivity index (χ1n) is 10.7. The standard InChI is InChI=1S/C23H24N6O3S/c1-11-12(2)33-23-19(11)20(25-17(8-18(30)31)21-27-26-13(3)29(21)23)14-4-6-15(7-5-14)22(32)28-9-16(24)10-28/h4-7,16-17H,8-10,24H2,1-3H3,(H,30,31)/t17-/m0/s1. The molecular formula is C23H24N6O3S. The van der Waals surface area contributed by atoms with Crippen LogP contribution in [-0.4, -0.2) is 61.5 Å². The van der Waals surface area contributed by atoms with E-state index in [1.54, 1.807) is 28.4 Å². The Morgan fingerprint density at radius 3 is 2.48 bits per heavy atom. The maximum Gasteiger partial charge on any atom is 0.306 e. The first kappa shape index (κ1) is 21.5. The molecule has 3 N–H and O–H groups in total. The molecule has 2 aliphatic heterocycles. The van der Waals surface area contributed by atoms with Crippen molar-refractivity contribution in [1.82, 2.24) is 19.7 Å². The highest BCUT2D eigenvalue weighted by Crippen LogP contribution is 2.39. The van der Waals surface area contributed by atoms with Crippen molar-refractivity contribution >= 4 is 28.9 Å². The molecule has 5 rings (SSSR count). The lowest BCUT2D eigenvalue weighted by Crippen LogP contribution is -2.57. The van der Waals surface area contributed by atoms with Crippen LogP contribution < -0.4 is 5.73 Å². The molecule has 0 saturated carbocycles. The molecule has 0 bridgehead atoms. The molecular weight excluding hydrogens is 440 g/mol. The van der Waals surface area contributed by atoms with Gasteiger partial charge in [-0.1, -0.05) is 12.1 Å². The van der Waals surface area contributed by atoms with Crippen molar-refractivity contribution in [3.63, 3.8) is 0 Å². The van der Waals surface area contributed by atoms with E-state index in [2.05, 4.69) is 17.1 Å². The van der Waals surface area contributed by atoms with Crippen LogP contribution in [0, 0.1) is 20.8 Å². The summed E-state index contributed by atoms with van der Waals surface area (Å²) in [4.78, 5) is 32.1. The monoisotopic (exact) mass is 464 g/mol. The van der Waals surface area contributed by atoms with Crippen LogP contribution >= 0.6 is 11.3 Å². The van der Waals surface area contributed by atoms with E-state index in [0.717, 1.165) is 26.6 Å². The number of carboxylic acid groups (broad SMARTS) is 1. The molecule has 1 saturated heterocycles. The number of carbonyl (C=O) groups is 2. The van der Waals surface area contributed by atoms with Gasteiger partial charge in [-0.2, -0.15) is 0 Å². The maximum absolute atomic E-state index is 12.7. The molecule has 9 nitrogen and oxygen atoms in total. The second-order valence-electron chi connectivity index (χ2n) is 8.54. The molecule has 33 heavy (non-hydrogen) atoms. The summed E-state index contributed by atoms with van der Waals surface area (Å²) >= 11 is 1.62. The highest BCUT2D eigenvalue weighted by molar-refractivity contribution is 7.15. The van der Waals surface area contributed by atoms with Gasteiger partial charge in [-0.05, 0) is 38.5 Å². The van der Waals surface area contributed by atoms with E-state index in [9.17, 15) is 14.7 Å². The van der Waals surface area contributed by atoms with Crippen LogP contribution in [0.1, 0.15) is 56.0 Å². The summed E-state index contributed by atoms with van der Waals surface area (Å²) in [6.45, 7) is 7.09. The maximum atomic E-state index is 12.7. The molecule has 1 amide bonds. The smallest absolute Gasteiger partial charge is 0.306 e. The van der Waals surface area contributed by atoms with Gasteiger partial charge < -0.3 is 15.7 Å². The number of nitrogens with two attached hydrogens (primary N) is 1. The van der Waals surface area contributed by atoms with Gasteiger partial charge in [0.1, 0.15) is 16.9 Å². The van der Waals surface area contributed by atoms with Gasteiger partial charge in [-0.3, -0.25) is 19.1 Å². The summed E-state index contributed by atoms with van der Waals surface area (Å²) in [5.41, 5.74) is 9.95. The van der Waals surface area contributed by atoms with Crippen LogP contribution in [0.25, 0.3) is 5.00 Å². The second-order valence-corrected chi connectivity index (χ2v) is 9.75. The number of nitrogens with zero attached hydrogens (tertiary/aromatic N) is 5. The first-order chi connectivity index (χ1) is 15.7. The molecule has 0 unspecified atom stereocenters. The normalized spacial score (nSPS) is 17.6. The zero-order chi connectivity index (χ0) is 23.4. The number of aryl methyl sites for hydroxylation is 2. The Kier molecular flexibility index (Phi) is 5.13. The van der Waals surface area contributed by atoms with Crippen molar-refractivity contribution in [3.05, 3.63) is 63.0 Å². The summed E-state index contributed by atoms with van der Waals surface area (Å²) in [7, 11) is 0. The van der Waals surface area contributed by atoms with Crippen LogP contribution in [-0.2, 0) is 4.79 Å². The van der Waals surface area contributed by atoms with Crippen molar-refractivity contribution in [1.29, 1.82) is 0 Å². The lowest BCUT2D eigenvalue weighted by molar-refractivity contribution is -0.137. The van der Waals surface area contributed by atoms with E-state index in [1.165, 1.54) is 0 Å². The summed E-state index contributed by atoms with van der Waals surface area (Å²) in [6, 6.07) is 6.70. The number of likely N-dealkylation sites (tertiary alicyclic amines) is 1. The second kappa shape index (κ2) is 7.89. The molecule has 0 aliphatic carbocycles. The van der Waals surface area contributed by atoms with Crippen molar-refractivity contribution in [2.45, 2.75) is 39.3 Å². The number of aromatic nitrogens is 3. The number of fused-ring (bicyclic) bond motifs is 3. The fourth-order valence-corrected chi connectivity index (χ4v) is 5.54. The van der Waals surface area contributed by atoms with E-state index in [4.69, 9.17) is 10.7 Å². The minimum atomic E-state index is -0.956. The quantitative estimate of drug-likeness (QED) is 0.610. The van der Waals surface area contributed by atoms with Gasteiger partial charge in [0.2, 0.25) is 0 Å². The Bertz CT molecular complexity index is 1300. The van der Waals surface area contributed by atoms with Crippen LogP contribution in [0.2, 0.25) is 0 Å². The van der Waals surface area contributed by atoms with Crippen molar-refractivity contribution < 1.29 is 14.7 Å². The van der Waals surface area contributed by atoms with Crippen molar-refractivity contribution in [2.24, 2.45) is 10.7 Å². The van der Waals surface area contributed by atoms with Crippen LogP contribution in [0.4, 0.5) is 0 Å². The molecule has 2 aromatic heterocycles. The molecule has 1 fully saturated rings. The van der Waals surface area contributed by atoms with Crippen LogP contribution in [0.3, 0.4) is 0 Å². The van der Waals surface area contributed by atoms with Gasteiger partial charge in [0.05, 0.1) is 12.1 Å². The molecule has 3 aromatic rings. The fraction of sp³-hybridized carbons (Fsp3) is 0.348. The number of aliphatic imine (C=N–C) groups is 1. The Balaban J connectivity index is 1.62. The number of amides is 1. The predicted octanol–water partition coefficient (Wildman–Crippen LogP) is 2.40. The minimum absolute atomic E-state index is 0.0418. The zero-order valence-electron chi connectivity index (χ0n) is 18.6. The highest BCUT2D eigenvalue weighted by atomic mass is 32.1. The van der Waals surface area contributed by atoms with Crippen LogP contribution in [0.15, 0.2) is 29.3 Å². The first-order valence-corrected chi connectivity index (χ1v) is 11.5. The van der Waals surface area contributed by atoms with E-state index < -0.39 is 12.0 Å². The topological polar surface area (TPSA) is 127 Å². The van der Waals surface area contributed by atoms with Gasteiger partial charge >= 0.3 is 5.97 Å². The number of hydrogen-bond acceptors (Lipinski definition) is 7. The fourth-order valence-electron chi connectivity index (χ4n) is 4.32. The van der Waals surface area contributed by atoms with Gasteiger partial charge in [0, 0.05) is 40.7 Å². The number of benzene rings is 1. The summed E-state index contributed by atoms with van der Waals surface area (Å²) in [5.74, 6) is 0.211. The van der Waals surface area contributed by atoms with Gasteiger partial charge in [-0.15, -0.1) is 21.5 Å². The largest absolute Gasteiger partial charge is 0.481 e. The number of carboxylic acids is 1. The van der Waals surface area contributed by atoms with E-state index in [-0.39, 0.29) is 18.4 Å². The van der Waals surface area contributed by atoms with E-state index in [1.807, 2.05) is 30.5 Å². The number of thiophene rings is 1. The third-order valence-electron chi connectivity index (χ3n) is 6.21. The average molecular weight is 465 g/mol. The van der Waals surface area contributed by atoms with E-state index >= 15 is 0 Å².